The summed E-state index contributed by atoms with van der Waals surface area (Å²) in [4.78, 5) is 17.9. The van der Waals surface area contributed by atoms with Gasteiger partial charge in [0.15, 0.2) is 8.32 Å². The van der Waals surface area contributed by atoms with Gasteiger partial charge in [-0.3, -0.25) is 9.63 Å². The predicted molar refractivity (Wildman–Crippen MR) is 123 cm³/mol. The summed E-state index contributed by atoms with van der Waals surface area (Å²) < 4.78 is 18.0. The summed E-state index contributed by atoms with van der Waals surface area (Å²) in [7, 11) is 2.91. The van der Waals surface area contributed by atoms with Gasteiger partial charge in [0.25, 0.3) is 5.91 Å². The number of hydroxylamine groups is 2. The van der Waals surface area contributed by atoms with Crippen molar-refractivity contribution in [3.8, 4) is 5.75 Å². The summed E-state index contributed by atoms with van der Waals surface area (Å²) in [6.07, 6.45) is -0.211. The van der Waals surface area contributed by atoms with Crippen LogP contribution in [-0.2, 0) is 25.4 Å². The van der Waals surface area contributed by atoms with Crippen LogP contribution in [0.15, 0.2) is 24.3 Å². The summed E-state index contributed by atoms with van der Waals surface area (Å²) >= 11 is 0. The van der Waals surface area contributed by atoms with Crippen molar-refractivity contribution >= 4 is 14.2 Å². The fourth-order valence-electron chi connectivity index (χ4n) is 3.70. The van der Waals surface area contributed by atoms with Crippen LogP contribution in [0.3, 0.4) is 0 Å². The molecule has 1 aromatic rings. The van der Waals surface area contributed by atoms with E-state index >= 15 is 0 Å². The van der Waals surface area contributed by atoms with Crippen molar-refractivity contribution in [2.45, 2.75) is 65.5 Å². The van der Waals surface area contributed by atoms with Crippen LogP contribution in [0.5, 0.6) is 5.75 Å². The van der Waals surface area contributed by atoms with Gasteiger partial charge in [-0.25, -0.2) is 5.06 Å². The number of amides is 1. The molecule has 6 nitrogen and oxygen atoms in total. The van der Waals surface area contributed by atoms with Crippen molar-refractivity contribution in [1.82, 2.24) is 5.06 Å². The van der Waals surface area contributed by atoms with Gasteiger partial charge in [0.1, 0.15) is 5.75 Å². The standard InChI is InChI=1S/C23H41NO5Si/c1-9-30(10-2,11-3)29-22(19(5)23(25)24(6)27-8)18(4)16-28-17-20-12-14-21(26-7)15-13-20/h12-15,18-19,22H,9-11,16-17H2,1-8H3/t18-,19-,22+/m1/s1. The van der Waals surface area contributed by atoms with Gasteiger partial charge in [-0.05, 0) is 35.8 Å². The first-order valence-corrected chi connectivity index (χ1v) is 13.5. The molecule has 0 bridgehead atoms. The minimum Gasteiger partial charge on any atom is -0.497 e. The van der Waals surface area contributed by atoms with Crippen LogP contribution in [0.1, 0.15) is 40.2 Å². The van der Waals surface area contributed by atoms with E-state index in [1.807, 2.05) is 31.2 Å². The van der Waals surface area contributed by atoms with Crippen LogP contribution < -0.4 is 4.74 Å². The van der Waals surface area contributed by atoms with Crippen LogP contribution in [-0.4, -0.2) is 53.3 Å². The summed E-state index contributed by atoms with van der Waals surface area (Å²) in [5.41, 5.74) is 1.09. The molecule has 0 aromatic heterocycles. The molecule has 0 N–H and O–H groups in total. The van der Waals surface area contributed by atoms with E-state index in [2.05, 4.69) is 27.7 Å². The highest BCUT2D eigenvalue weighted by Crippen LogP contribution is 2.30. The third-order valence-electron chi connectivity index (χ3n) is 6.16. The third-order valence-corrected chi connectivity index (χ3v) is 10.8. The molecule has 0 spiro atoms. The lowest BCUT2D eigenvalue weighted by atomic mass is 9.93. The van der Waals surface area contributed by atoms with Crippen LogP contribution >= 0.6 is 0 Å². The highest BCUT2D eigenvalue weighted by Gasteiger charge is 2.39. The Morgan fingerprint density at radius 3 is 2.07 bits per heavy atom. The van der Waals surface area contributed by atoms with Crippen molar-refractivity contribution in [1.29, 1.82) is 0 Å². The molecule has 30 heavy (non-hydrogen) atoms. The van der Waals surface area contributed by atoms with E-state index < -0.39 is 8.32 Å². The van der Waals surface area contributed by atoms with E-state index in [4.69, 9.17) is 18.7 Å². The summed E-state index contributed by atoms with van der Waals surface area (Å²) in [6, 6.07) is 11.0. The van der Waals surface area contributed by atoms with E-state index in [0.717, 1.165) is 29.4 Å². The summed E-state index contributed by atoms with van der Waals surface area (Å²) in [5, 5.41) is 1.29. The maximum absolute atomic E-state index is 12.8. The number of hydrogen-bond acceptors (Lipinski definition) is 5. The van der Waals surface area contributed by atoms with Crippen molar-refractivity contribution in [3.05, 3.63) is 29.8 Å². The van der Waals surface area contributed by atoms with Crippen molar-refractivity contribution in [2.75, 3.05) is 27.9 Å². The van der Waals surface area contributed by atoms with E-state index in [1.54, 1.807) is 14.2 Å². The number of rotatable bonds is 14. The van der Waals surface area contributed by atoms with Gasteiger partial charge < -0.3 is 13.9 Å². The van der Waals surface area contributed by atoms with Gasteiger partial charge in [0, 0.05) is 13.0 Å². The molecule has 0 saturated heterocycles. The molecule has 0 aliphatic carbocycles. The number of hydrogen-bond donors (Lipinski definition) is 0. The number of nitrogens with zero attached hydrogens (tertiary/aromatic N) is 1. The maximum atomic E-state index is 12.8. The third kappa shape index (κ3) is 7.37. The second-order valence-electron chi connectivity index (χ2n) is 7.97. The molecule has 0 fully saturated rings. The average molecular weight is 440 g/mol. The van der Waals surface area contributed by atoms with Crippen molar-refractivity contribution in [3.63, 3.8) is 0 Å². The van der Waals surface area contributed by atoms with E-state index in [9.17, 15) is 4.79 Å². The molecule has 0 radical (unpaired) electrons. The number of benzene rings is 1. The molecular formula is C23H41NO5Si. The van der Waals surface area contributed by atoms with Crippen molar-refractivity contribution < 1.29 is 23.5 Å². The number of carbonyl (C=O) groups excluding carboxylic acids is 1. The Kier molecular flexibility index (Phi) is 11.6. The lowest BCUT2D eigenvalue weighted by Gasteiger charge is -2.39. The fourth-order valence-corrected chi connectivity index (χ4v) is 6.71. The van der Waals surface area contributed by atoms with E-state index in [-0.39, 0.29) is 23.8 Å². The first kappa shape index (κ1) is 26.6. The molecule has 1 aromatic carbocycles. The van der Waals surface area contributed by atoms with Crippen molar-refractivity contribution in [2.24, 2.45) is 11.8 Å². The second kappa shape index (κ2) is 13.1. The molecule has 3 atom stereocenters. The monoisotopic (exact) mass is 439 g/mol. The summed E-state index contributed by atoms with van der Waals surface area (Å²) in [6.45, 7) is 11.7. The van der Waals surface area contributed by atoms with Crippen LogP contribution in [0.25, 0.3) is 0 Å². The molecule has 0 saturated carbocycles. The smallest absolute Gasteiger partial charge is 0.251 e. The molecule has 0 unspecified atom stereocenters. The zero-order valence-electron chi connectivity index (χ0n) is 20.1. The Morgan fingerprint density at radius 1 is 1.03 bits per heavy atom. The van der Waals surface area contributed by atoms with Gasteiger partial charge in [-0.15, -0.1) is 0 Å². The maximum Gasteiger partial charge on any atom is 0.251 e. The first-order chi connectivity index (χ1) is 14.3. The zero-order valence-corrected chi connectivity index (χ0v) is 21.1. The first-order valence-electron chi connectivity index (χ1n) is 11.0. The van der Waals surface area contributed by atoms with Gasteiger partial charge >= 0.3 is 0 Å². The lowest BCUT2D eigenvalue weighted by Crippen LogP contribution is -2.49. The van der Waals surface area contributed by atoms with Crippen LogP contribution in [0.4, 0.5) is 0 Å². The normalized spacial score (nSPS) is 14.8. The number of methoxy groups -OCH3 is 1. The molecule has 0 aliphatic rings. The molecule has 172 valence electrons. The van der Waals surface area contributed by atoms with E-state index in [0.29, 0.717) is 13.2 Å². The Bertz CT molecular complexity index is 612. The lowest BCUT2D eigenvalue weighted by molar-refractivity contribution is -0.177. The SMILES string of the molecule is CC[Si](CC)(CC)O[C@@H]([C@H](C)COCc1ccc(OC)cc1)[C@@H](C)C(=O)N(C)OC. The van der Waals surface area contributed by atoms with Gasteiger partial charge in [0.05, 0.1) is 39.5 Å². The van der Waals surface area contributed by atoms with Crippen LogP contribution in [0, 0.1) is 11.8 Å². The summed E-state index contributed by atoms with van der Waals surface area (Å²) in [5.74, 6) is 0.515. The quantitative estimate of drug-likeness (QED) is 0.305. The van der Waals surface area contributed by atoms with E-state index in [1.165, 1.54) is 12.2 Å². The Labute approximate surface area is 183 Å². The highest BCUT2D eigenvalue weighted by atomic mass is 28.4. The molecule has 1 rings (SSSR count). The Morgan fingerprint density at radius 2 is 1.60 bits per heavy atom. The minimum atomic E-state index is -1.89. The Balaban J connectivity index is 2.88. The zero-order chi connectivity index (χ0) is 22.7. The fraction of sp³-hybridized carbons (Fsp3) is 0.696. The second-order valence-corrected chi connectivity index (χ2v) is 12.7. The molecule has 7 heteroatoms. The minimum absolute atomic E-state index is 0.0731. The molecule has 0 heterocycles. The largest absolute Gasteiger partial charge is 0.497 e. The topological polar surface area (TPSA) is 57.2 Å². The van der Waals surface area contributed by atoms with Crippen LogP contribution in [0.2, 0.25) is 18.1 Å². The molecule has 0 aliphatic heterocycles. The van der Waals surface area contributed by atoms with Gasteiger partial charge in [0.2, 0.25) is 0 Å². The highest BCUT2D eigenvalue weighted by molar-refractivity contribution is 6.73. The Hall–Kier alpha value is -1.41. The molecule has 1 amide bonds. The average Bonchev–Trinajstić information content (AvgIpc) is 2.79. The molecular weight excluding hydrogens is 398 g/mol. The van der Waals surface area contributed by atoms with Gasteiger partial charge in [-0.2, -0.15) is 0 Å². The van der Waals surface area contributed by atoms with Gasteiger partial charge in [-0.1, -0.05) is 46.8 Å². The number of carbonyl (C=O) groups is 1. The predicted octanol–water partition coefficient (Wildman–Crippen LogP) is 4.89. The number of ether oxygens (including phenoxy) is 2.